The van der Waals surface area contributed by atoms with Crippen molar-refractivity contribution < 1.29 is 9.59 Å². The van der Waals surface area contributed by atoms with Gasteiger partial charge in [0.2, 0.25) is 11.8 Å². The number of amides is 2. The Hall–Kier alpha value is -2.64. The second-order valence-electron chi connectivity index (χ2n) is 9.68. The van der Waals surface area contributed by atoms with Crippen LogP contribution >= 0.6 is 0 Å². The molecule has 0 aliphatic heterocycles. The van der Waals surface area contributed by atoms with Crippen LogP contribution in [0.25, 0.3) is 0 Å². The Balaban J connectivity index is 1.35. The summed E-state index contributed by atoms with van der Waals surface area (Å²) in [6, 6.07) is 0.161. The molecule has 2 aliphatic rings. The molecule has 0 saturated heterocycles. The van der Waals surface area contributed by atoms with E-state index in [1.54, 1.807) is 0 Å². The highest BCUT2D eigenvalue weighted by atomic mass is 16.2. The molecule has 8 heteroatoms. The van der Waals surface area contributed by atoms with Gasteiger partial charge in [0.25, 0.3) is 0 Å². The molecule has 0 N–H and O–H groups in total. The predicted molar refractivity (Wildman–Crippen MR) is 122 cm³/mol. The molecule has 0 saturated carbocycles. The molecule has 2 aromatic heterocycles. The van der Waals surface area contributed by atoms with Crippen molar-refractivity contribution in [3.8, 4) is 0 Å². The van der Waals surface area contributed by atoms with Gasteiger partial charge in [-0.3, -0.25) is 19.0 Å². The van der Waals surface area contributed by atoms with Gasteiger partial charge in [-0.25, -0.2) is 0 Å². The SMILES string of the molecule is CC(CC(=O)N(C)C1CCCc2c1cnn2C)CC(=O)N(C)C1CCCc2c1cnn2C. The topological polar surface area (TPSA) is 76.3 Å². The third kappa shape index (κ3) is 4.19. The highest BCUT2D eigenvalue weighted by Crippen LogP contribution is 2.35. The van der Waals surface area contributed by atoms with E-state index in [0.717, 1.165) is 38.5 Å². The molecular weight excluding hydrogens is 404 g/mol. The van der Waals surface area contributed by atoms with Gasteiger partial charge in [0, 0.05) is 63.5 Å². The van der Waals surface area contributed by atoms with Crippen LogP contribution < -0.4 is 0 Å². The van der Waals surface area contributed by atoms with E-state index in [1.807, 2.05) is 66.7 Å². The van der Waals surface area contributed by atoms with E-state index >= 15 is 0 Å². The van der Waals surface area contributed by atoms with Crippen LogP contribution in [0.4, 0.5) is 0 Å². The van der Waals surface area contributed by atoms with Crippen LogP contribution in [-0.4, -0.2) is 55.3 Å². The van der Waals surface area contributed by atoms with E-state index in [9.17, 15) is 9.59 Å². The highest BCUT2D eigenvalue weighted by Gasteiger charge is 2.32. The first-order chi connectivity index (χ1) is 15.3. The lowest BCUT2D eigenvalue weighted by molar-refractivity contribution is -0.135. The molecule has 2 heterocycles. The molecule has 0 spiro atoms. The van der Waals surface area contributed by atoms with E-state index in [1.165, 1.54) is 22.5 Å². The molecule has 0 aromatic carbocycles. The Labute approximate surface area is 190 Å². The Morgan fingerprint density at radius 2 is 1.31 bits per heavy atom. The van der Waals surface area contributed by atoms with Crippen molar-refractivity contribution in [3.63, 3.8) is 0 Å². The summed E-state index contributed by atoms with van der Waals surface area (Å²) < 4.78 is 3.85. The predicted octanol–water partition coefficient (Wildman–Crippen LogP) is 2.94. The highest BCUT2D eigenvalue weighted by molar-refractivity contribution is 5.80. The number of aromatic nitrogens is 4. The molecule has 2 amide bonds. The lowest BCUT2D eigenvalue weighted by Crippen LogP contribution is -2.36. The van der Waals surface area contributed by atoms with E-state index in [-0.39, 0.29) is 29.8 Å². The Kier molecular flexibility index (Phi) is 6.40. The minimum absolute atomic E-state index is 0.00572. The second kappa shape index (κ2) is 9.08. The van der Waals surface area contributed by atoms with Gasteiger partial charge < -0.3 is 9.80 Å². The van der Waals surface area contributed by atoms with Gasteiger partial charge in [-0.15, -0.1) is 0 Å². The molecule has 0 fully saturated rings. The molecular formula is C24H36N6O2. The zero-order valence-corrected chi connectivity index (χ0v) is 20.0. The quantitative estimate of drug-likeness (QED) is 0.692. The lowest BCUT2D eigenvalue weighted by atomic mass is 9.90. The summed E-state index contributed by atoms with van der Waals surface area (Å²) in [5, 5.41) is 8.79. The average Bonchev–Trinajstić information content (AvgIpc) is 3.35. The molecule has 2 aromatic rings. The van der Waals surface area contributed by atoms with Crippen molar-refractivity contribution in [1.29, 1.82) is 0 Å². The van der Waals surface area contributed by atoms with Crippen molar-refractivity contribution in [2.75, 3.05) is 14.1 Å². The molecule has 0 bridgehead atoms. The van der Waals surface area contributed by atoms with Gasteiger partial charge in [-0.05, 0) is 44.4 Å². The molecule has 2 aliphatic carbocycles. The van der Waals surface area contributed by atoms with Gasteiger partial charge >= 0.3 is 0 Å². The van der Waals surface area contributed by atoms with Crippen molar-refractivity contribution in [2.45, 2.75) is 70.4 Å². The van der Waals surface area contributed by atoms with Crippen LogP contribution in [0.3, 0.4) is 0 Å². The zero-order chi connectivity index (χ0) is 23.0. The average molecular weight is 441 g/mol. The van der Waals surface area contributed by atoms with Crippen LogP contribution in [0.2, 0.25) is 0 Å². The van der Waals surface area contributed by atoms with Crippen LogP contribution in [0.1, 0.15) is 80.0 Å². The van der Waals surface area contributed by atoms with Gasteiger partial charge in [0.1, 0.15) is 0 Å². The minimum Gasteiger partial charge on any atom is -0.339 e. The number of hydrogen-bond donors (Lipinski definition) is 0. The fourth-order valence-corrected chi connectivity index (χ4v) is 5.47. The summed E-state index contributed by atoms with van der Waals surface area (Å²) in [7, 11) is 7.71. The van der Waals surface area contributed by atoms with Crippen molar-refractivity contribution in [2.24, 2.45) is 20.0 Å². The van der Waals surface area contributed by atoms with Crippen LogP contribution in [0, 0.1) is 5.92 Å². The van der Waals surface area contributed by atoms with Crippen molar-refractivity contribution in [1.82, 2.24) is 29.4 Å². The van der Waals surface area contributed by atoms with Crippen LogP contribution in [-0.2, 0) is 36.5 Å². The minimum atomic E-state index is -0.00572. The summed E-state index contributed by atoms with van der Waals surface area (Å²) in [6.45, 7) is 2.00. The maximum Gasteiger partial charge on any atom is 0.223 e. The van der Waals surface area contributed by atoms with Crippen molar-refractivity contribution >= 4 is 11.8 Å². The zero-order valence-electron chi connectivity index (χ0n) is 20.0. The number of fused-ring (bicyclic) bond motifs is 2. The first-order valence-corrected chi connectivity index (χ1v) is 11.8. The maximum absolute atomic E-state index is 13.1. The molecule has 2 atom stereocenters. The number of carbonyl (C=O) groups excluding carboxylic acids is 2. The monoisotopic (exact) mass is 440 g/mol. The summed E-state index contributed by atoms with van der Waals surface area (Å²) in [5.74, 6) is 0.192. The number of nitrogens with zero attached hydrogens (tertiary/aromatic N) is 6. The van der Waals surface area contributed by atoms with E-state index in [2.05, 4.69) is 10.2 Å². The second-order valence-corrected chi connectivity index (χ2v) is 9.68. The normalized spacial score (nSPS) is 20.9. The molecule has 0 radical (unpaired) electrons. The van der Waals surface area contributed by atoms with E-state index in [0.29, 0.717) is 12.8 Å². The maximum atomic E-state index is 13.1. The fourth-order valence-electron chi connectivity index (χ4n) is 5.47. The molecule has 8 nitrogen and oxygen atoms in total. The fraction of sp³-hybridized carbons (Fsp3) is 0.667. The van der Waals surface area contributed by atoms with Crippen LogP contribution in [0.15, 0.2) is 12.4 Å². The number of aryl methyl sites for hydroxylation is 2. The molecule has 32 heavy (non-hydrogen) atoms. The number of rotatable bonds is 6. The first-order valence-electron chi connectivity index (χ1n) is 11.8. The smallest absolute Gasteiger partial charge is 0.223 e. The van der Waals surface area contributed by atoms with E-state index < -0.39 is 0 Å². The Morgan fingerprint density at radius 3 is 1.72 bits per heavy atom. The summed E-state index contributed by atoms with van der Waals surface area (Å²) >= 11 is 0. The van der Waals surface area contributed by atoms with Gasteiger partial charge in [-0.1, -0.05) is 6.92 Å². The largest absolute Gasteiger partial charge is 0.339 e. The molecule has 2 unspecified atom stereocenters. The Morgan fingerprint density at radius 1 is 0.906 bits per heavy atom. The number of carbonyl (C=O) groups is 2. The van der Waals surface area contributed by atoms with Gasteiger partial charge in [0.15, 0.2) is 0 Å². The van der Waals surface area contributed by atoms with Crippen molar-refractivity contribution in [3.05, 3.63) is 34.9 Å². The number of hydrogen-bond acceptors (Lipinski definition) is 4. The molecule has 4 rings (SSSR count). The first kappa shape index (κ1) is 22.6. The molecule has 174 valence electrons. The third-order valence-corrected chi connectivity index (χ3v) is 7.46. The third-order valence-electron chi connectivity index (χ3n) is 7.46. The van der Waals surface area contributed by atoms with Gasteiger partial charge in [-0.2, -0.15) is 10.2 Å². The summed E-state index contributed by atoms with van der Waals surface area (Å²) in [6.07, 6.45) is 10.7. The van der Waals surface area contributed by atoms with Gasteiger partial charge in [0.05, 0.1) is 24.5 Å². The van der Waals surface area contributed by atoms with E-state index in [4.69, 9.17) is 0 Å². The van der Waals surface area contributed by atoms with Crippen LogP contribution in [0.5, 0.6) is 0 Å². The summed E-state index contributed by atoms with van der Waals surface area (Å²) in [5.41, 5.74) is 4.80. The Bertz CT molecular complexity index is 915. The lowest BCUT2D eigenvalue weighted by Gasteiger charge is -2.33. The standard InChI is InChI=1S/C24H36N6O2/c1-16(12-23(31)27(2)19-8-6-10-21-17(19)14-25-29(21)4)13-24(32)28(3)20-9-7-11-22-18(20)15-26-30(22)5/h14-16,19-20H,6-13H2,1-5H3. The summed E-state index contributed by atoms with van der Waals surface area (Å²) in [4.78, 5) is 29.8.